The van der Waals surface area contributed by atoms with Crippen LogP contribution in [-0.2, 0) is 21.8 Å². The van der Waals surface area contributed by atoms with E-state index in [0.717, 1.165) is 53.2 Å². The first-order chi connectivity index (χ1) is 18.8. The number of aromatic nitrogens is 2. The summed E-state index contributed by atoms with van der Waals surface area (Å²) in [6.45, 7) is 20.7. The van der Waals surface area contributed by atoms with Crippen LogP contribution in [0.15, 0.2) is 24.4 Å². The molecule has 1 N–H and O–H groups in total. The summed E-state index contributed by atoms with van der Waals surface area (Å²) in [6, 6.07) is 2.25. The highest BCUT2D eigenvalue weighted by atomic mass is 28.4. The molecule has 41 heavy (non-hydrogen) atoms. The van der Waals surface area contributed by atoms with Gasteiger partial charge in [-0.15, -0.1) is 0 Å². The van der Waals surface area contributed by atoms with E-state index in [1.54, 1.807) is 0 Å². The largest absolute Gasteiger partial charge is 0.417 e. The van der Waals surface area contributed by atoms with Crippen LogP contribution in [0.25, 0.3) is 5.57 Å². The first-order valence-electron chi connectivity index (χ1n) is 14.5. The van der Waals surface area contributed by atoms with Crippen molar-refractivity contribution in [3.05, 3.63) is 63.7 Å². The average molecular weight is 591 g/mol. The molecule has 2 atom stereocenters. The van der Waals surface area contributed by atoms with Crippen LogP contribution in [0.1, 0.15) is 119 Å². The van der Waals surface area contributed by atoms with Crippen LogP contribution in [0, 0.1) is 5.41 Å². The van der Waals surface area contributed by atoms with Crippen LogP contribution < -0.4 is 0 Å². The summed E-state index contributed by atoms with van der Waals surface area (Å²) >= 11 is 0. The quantitative estimate of drug-likeness (QED) is 0.342. The molecule has 0 unspecified atom stereocenters. The topological polar surface area (TPSA) is 64.5 Å². The number of pyridine rings is 2. The van der Waals surface area contributed by atoms with E-state index in [4.69, 9.17) is 14.1 Å². The van der Waals surface area contributed by atoms with Gasteiger partial charge in [0.25, 0.3) is 0 Å². The Hall–Kier alpha value is -2.07. The van der Waals surface area contributed by atoms with Crippen molar-refractivity contribution in [2.45, 2.75) is 110 Å². The zero-order chi connectivity index (χ0) is 30.5. The third kappa shape index (κ3) is 6.63. The highest BCUT2D eigenvalue weighted by molar-refractivity contribution is 6.74. The van der Waals surface area contributed by atoms with Crippen LogP contribution in [0.5, 0.6) is 0 Å². The number of hydrogen-bond acceptors (Lipinski definition) is 5. The van der Waals surface area contributed by atoms with Gasteiger partial charge in [-0.1, -0.05) is 54.5 Å². The summed E-state index contributed by atoms with van der Waals surface area (Å²) in [5.74, 6) is -0.0385. The number of fused-ring (bicyclic) bond motifs is 1. The van der Waals surface area contributed by atoms with E-state index < -0.39 is 26.2 Å². The maximum atomic E-state index is 13.3. The van der Waals surface area contributed by atoms with Gasteiger partial charge in [-0.25, -0.2) is 0 Å². The summed E-state index contributed by atoms with van der Waals surface area (Å²) < 4.78 is 52.7. The van der Waals surface area contributed by atoms with Gasteiger partial charge in [0.2, 0.25) is 0 Å². The van der Waals surface area contributed by atoms with Crippen molar-refractivity contribution in [3.63, 3.8) is 0 Å². The number of aliphatic hydroxyl groups excluding tert-OH is 1. The van der Waals surface area contributed by atoms with Gasteiger partial charge >= 0.3 is 6.18 Å². The molecule has 0 amide bonds. The Bertz CT molecular complexity index is 1300. The molecule has 226 valence electrons. The van der Waals surface area contributed by atoms with Crippen molar-refractivity contribution in [1.82, 2.24) is 9.97 Å². The van der Waals surface area contributed by atoms with E-state index in [9.17, 15) is 18.3 Å². The molecule has 4 rings (SSSR count). The van der Waals surface area contributed by atoms with Crippen LogP contribution in [0.3, 0.4) is 0 Å². The first-order valence-corrected chi connectivity index (χ1v) is 17.5. The van der Waals surface area contributed by atoms with Crippen molar-refractivity contribution in [2.75, 3.05) is 13.2 Å². The molecule has 0 saturated carbocycles. The van der Waals surface area contributed by atoms with Gasteiger partial charge in [0.15, 0.2) is 8.32 Å². The lowest BCUT2D eigenvalue weighted by Gasteiger charge is -2.45. The first kappa shape index (κ1) is 31.9. The molecule has 0 bridgehead atoms. The molecule has 2 aromatic heterocycles. The summed E-state index contributed by atoms with van der Waals surface area (Å²) in [4.78, 5) is 9.31. The minimum atomic E-state index is -4.51. The molecule has 0 fully saturated rings. The Balaban J connectivity index is 2.01. The minimum Gasteiger partial charge on any atom is -0.410 e. The Kier molecular flexibility index (Phi) is 8.71. The Morgan fingerprint density at radius 1 is 1.15 bits per heavy atom. The predicted octanol–water partition coefficient (Wildman–Crippen LogP) is 8.54. The molecule has 1 aliphatic carbocycles. The van der Waals surface area contributed by atoms with Crippen molar-refractivity contribution in [1.29, 1.82) is 0 Å². The predicted molar refractivity (Wildman–Crippen MR) is 158 cm³/mol. The highest BCUT2D eigenvalue weighted by Crippen LogP contribution is 2.51. The van der Waals surface area contributed by atoms with E-state index in [2.05, 4.69) is 58.8 Å². The van der Waals surface area contributed by atoms with Gasteiger partial charge in [0, 0.05) is 23.0 Å². The Morgan fingerprint density at radius 2 is 1.83 bits per heavy atom. The molecular formula is C32H45F3N2O3Si. The molecule has 2 aromatic rings. The zero-order valence-corrected chi connectivity index (χ0v) is 26.9. The highest BCUT2D eigenvalue weighted by Gasteiger charge is 2.45. The molecule has 0 spiro atoms. The van der Waals surface area contributed by atoms with Gasteiger partial charge in [-0.2, -0.15) is 13.2 Å². The van der Waals surface area contributed by atoms with E-state index in [1.165, 1.54) is 6.07 Å². The second-order valence-corrected chi connectivity index (χ2v) is 18.9. The number of aliphatic hydroxyl groups is 1. The molecular weight excluding hydrogens is 545 g/mol. The normalized spacial score (nSPS) is 20.5. The minimum absolute atomic E-state index is 0.00927. The van der Waals surface area contributed by atoms with Crippen molar-refractivity contribution in [2.24, 2.45) is 5.41 Å². The molecule has 0 radical (unpaired) electrons. The molecule has 0 saturated heterocycles. The van der Waals surface area contributed by atoms with Crippen molar-refractivity contribution >= 4 is 13.9 Å². The lowest BCUT2D eigenvalue weighted by molar-refractivity contribution is -0.137. The number of halogens is 3. The lowest BCUT2D eigenvalue weighted by atomic mass is 9.71. The monoisotopic (exact) mass is 590 g/mol. The van der Waals surface area contributed by atoms with Gasteiger partial charge in [-0.3, -0.25) is 9.97 Å². The van der Waals surface area contributed by atoms with E-state index in [-0.39, 0.29) is 28.2 Å². The van der Waals surface area contributed by atoms with Crippen LogP contribution in [0.2, 0.25) is 18.1 Å². The van der Waals surface area contributed by atoms with E-state index in [1.807, 2.05) is 13.8 Å². The number of alkyl halides is 3. The summed E-state index contributed by atoms with van der Waals surface area (Å²) in [7, 11) is -2.22. The van der Waals surface area contributed by atoms with Gasteiger partial charge in [0.1, 0.15) is 6.10 Å². The molecule has 0 aromatic carbocycles. The molecule has 1 aliphatic heterocycles. The standard InChI is InChI=1S/C32H45F3N2O3Si/c1-19(2)28-27(29(38)22-11-10-21(18-36-22)32(33,34)35)25(20-12-14-39-15-13-20)26-23(37-28)16-31(6,7)17-24(26)40-41(8,9)30(3,4)5/h10-12,18-19,24,29,38H,13-17H2,1-9H3/t24-,29-/m0/s1. The maximum absolute atomic E-state index is 13.3. The van der Waals surface area contributed by atoms with Crippen LogP contribution in [0.4, 0.5) is 13.2 Å². The number of ether oxygens (including phenoxy) is 1. The van der Waals surface area contributed by atoms with Crippen molar-refractivity contribution in [3.8, 4) is 0 Å². The second-order valence-electron chi connectivity index (χ2n) is 14.1. The van der Waals surface area contributed by atoms with E-state index >= 15 is 0 Å². The number of nitrogens with zero attached hydrogens (tertiary/aromatic N) is 2. The molecule has 3 heterocycles. The molecule has 9 heteroatoms. The van der Waals surface area contributed by atoms with Gasteiger partial charge in [-0.05, 0) is 72.0 Å². The van der Waals surface area contributed by atoms with Gasteiger partial charge in [0.05, 0.1) is 36.3 Å². The summed E-state index contributed by atoms with van der Waals surface area (Å²) in [5.41, 5.74) is 4.58. The molecule has 2 aliphatic rings. The summed E-state index contributed by atoms with van der Waals surface area (Å²) in [6.07, 6.45) is -0.911. The average Bonchev–Trinajstić information content (AvgIpc) is 2.85. The molecule has 5 nitrogen and oxygen atoms in total. The van der Waals surface area contributed by atoms with Crippen LogP contribution in [-0.4, -0.2) is 36.6 Å². The lowest BCUT2D eigenvalue weighted by Crippen LogP contribution is -2.44. The number of rotatable bonds is 6. The van der Waals surface area contributed by atoms with Crippen molar-refractivity contribution < 1.29 is 27.4 Å². The van der Waals surface area contributed by atoms with Gasteiger partial charge < -0.3 is 14.3 Å². The number of hydrogen-bond donors (Lipinski definition) is 1. The fourth-order valence-corrected chi connectivity index (χ4v) is 6.89. The van der Waals surface area contributed by atoms with Crippen LogP contribution >= 0.6 is 0 Å². The third-order valence-electron chi connectivity index (χ3n) is 8.83. The SMILES string of the molecule is CC(C)c1nc2c(c(C3=CCOCC3)c1[C@@H](O)c1ccc(C(F)(F)F)cn1)[C@@H](O[Si](C)(C)C(C)(C)C)CC(C)(C)C2. The Morgan fingerprint density at radius 3 is 2.34 bits per heavy atom. The third-order valence-corrected chi connectivity index (χ3v) is 13.3. The zero-order valence-electron chi connectivity index (χ0n) is 25.9. The smallest absolute Gasteiger partial charge is 0.410 e. The fourth-order valence-electron chi connectivity index (χ4n) is 5.63. The summed E-state index contributed by atoms with van der Waals surface area (Å²) in [5, 5.41) is 11.9. The van der Waals surface area contributed by atoms with E-state index in [0.29, 0.717) is 25.2 Å². The Labute approximate surface area is 243 Å². The fraction of sp³-hybridized carbons (Fsp3) is 0.625. The second kappa shape index (κ2) is 11.2. The maximum Gasteiger partial charge on any atom is 0.417 e.